The number of carboxylic acids is 1. The van der Waals surface area contributed by atoms with Crippen LogP contribution < -0.4 is 0 Å². The third-order valence-electron chi connectivity index (χ3n) is 2.73. The molecule has 0 aliphatic rings. The normalized spacial score (nSPS) is 10.9. The molecule has 1 aromatic carbocycles. The number of hydrogen-bond acceptors (Lipinski definition) is 2. The maximum atomic E-state index is 10.8. The average Bonchev–Trinajstić information content (AvgIpc) is 2.59. The summed E-state index contributed by atoms with van der Waals surface area (Å²) in [6, 6.07) is 3.62. The van der Waals surface area contributed by atoms with E-state index in [2.05, 4.69) is 0 Å². The van der Waals surface area contributed by atoms with E-state index in [4.69, 9.17) is 9.52 Å². The van der Waals surface area contributed by atoms with Crippen LogP contribution in [0.25, 0.3) is 11.0 Å². The highest BCUT2D eigenvalue weighted by molar-refractivity contribution is 5.94. The molecule has 0 atom stereocenters. The molecule has 0 unspecified atom stereocenters. The smallest absolute Gasteiger partial charge is 0.371 e. The van der Waals surface area contributed by atoms with E-state index in [0.717, 1.165) is 22.1 Å². The van der Waals surface area contributed by atoms with Crippen LogP contribution in [0.2, 0.25) is 0 Å². The van der Waals surface area contributed by atoms with E-state index in [-0.39, 0.29) is 5.76 Å². The molecular formula is C12H12O3. The standard InChI is InChI=1S/C12H12O3/c1-6-4-7(2)9-5-10(12(13)14)15-11(9)8(6)3/h4-5H,1-3H3,(H,13,14). The summed E-state index contributed by atoms with van der Waals surface area (Å²) in [7, 11) is 0. The minimum absolute atomic E-state index is 0.00167. The van der Waals surface area contributed by atoms with E-state index in [1.165, 1.54) is 0 Å². The Hall–Kier alpha value is -1.77. The van der Waals surface area contributed by atoms with Crippen molar-refractivity contribution in [3.8, 4) is 0 Å². The van der Waals surface area contributed by atoms with Crippen LogP contribution in [0.3, 0.4) is 0 Å². The fourth-order valence-corrected chi connectivity index (χ4v) is 1.76. The highest BCUT2D eigenvalue weighted by atomic mass is 16.4. The van der Waals surface area contributed by atoms with Crippen molar-refractivity contribution < 1.29 is 14.3 Å². The Morgan fingerprint density at radius 3 is 2.47 bits per heavy atom. The van der Waals surface area contributed by atoms with Crippen LogP contribution in [0.15, 0.2) is 16.5 Å². The summed E-state index contributed by atoms with van der Waals surface area (Å²) in [5.74, 6) is -1.02. The second kappa shape index (κ2) is 3.12. The number of aryl methyl sites for hydroxylation is 3. The van der Waals surface area contributed by atoms with E-state index in [1.807, 2.05) is 26.8 Å². The number of carboxylic acid groups (broad SMARTS) is 1. The van der Waals surface area contributed by atoms with Gasteiger partial charge in [0.15, 0.2) is 0 Å². The summed E-state index contributed by atoms with van der Waals surface area (Å²) in [6.45, 7) is 5.88. The number of aromatic carboxylic acids is 1. The van der Waals surface area contributed by atoms with Crippen LogP contribution in [0, 0.1) is 20.8 Å². The summed E-state index contributed by atoms with van der Waals surface area (Å²) < 4.78 is 5.32. The predicted octanol–water partition coefficient (Wildman–Crippen LogP) is 3.06. The number of carbonyl (C=O) groups is 1. The SMILES string of the molecule is Cc1cc(C)c2cc(C(=O)O)oc2c1C. The highest BCUT2D eigenvalue weighted by Gasteiger charge is 2.14. The van der Waals surface area contributed by atoms with Crippen molar-refractivity contribution in [2.45, 2.75) is 20.8 Å². The van der Waals surface area contributed by atoms with Gasteiger partial charge in [-0.3, -0.25) is 0 Å². The molecule has 3 heteroatoms. The summed E-state index contributed by atoms with van der Waals surface area (Å²) in [5, 5.41) is 9.73. The van der Waals surface area contributed by atoms with Gasteiger partial charge in [-0.05, 0) is 43.5 Å². The van der Waals surface area contributed by atoms with Crippen molar-refractivity contribution in [1.29, 1.82) is 0 Å². The molecule has 0 saturated heterocycles. The van der Waals surface area contributed by atoms with Gasteiger partial charge >= 0.3 is 5.97 Å². The second-order valence-electron chi connectivity index (χ2n) is 3.79. The van der Waals surface area contributed by atoms with Crippen LogP contribution in [0.1, 0.15) is 27.2 Å². The Balaban J connectivity index is 2.85. The van der Waals surface area contributed by atoms with Gasteiger partial charge < -0.3 is 9.52 Å². The van der Waals surface area contributed by atoms with Crippen molar-refractivity contribution in [3.05, 3.63) is 34.6 Å². The second-order valence-corrected chi connectivity index (χ2v) is 3.79. The lowest BCUT2D eigenvalue weighted by Gasteiger charge is -2.02. The number of hydrogen-bond donors (Lipinski definition) is 1. The fourth-order valence-electron chi connectivity index (χ4n) is 1.76. The molecule has 0 saturated carbocycles. The topological polar surface area (TPSA) is 50.4 Å². The molecule has 0 radical (unpaired) electrons. The van der Waals surface area contributed by atoms with E-state index >= 15 is 0 Å². The van der Waals surface area contributed by atoms with Gasteiger partial charge in [-0.2, -0.15) is 0 Å². The maximum absolute atomic E-state index is 10.8. The molecule has 0 fully saturated rings. The molecule has 2 aromatic rings. The minimum atomic E-state index is -1.03. The Bertz CT molecular complexity index is 549. The third-order valence-corrected chi connectivity index (χ3v) is 2.73. The molecule has 1 aromatic heterocycles. The summed E-state index contributed by atoms with van der Waals surface area (Å²) in [6.07, 6.45) is 0. The lowest BCUT2D eigenvalue weighted by molar-refractivity contribution is 0.0665. The van der Waals surface area contributed by atoms with Crippen molar-refractivity contribution in [2.24, 2.45) is 0 Å². The Labute approximate surface area is 87.3 Å². The molecule has 0 amide bonds. The molecule has 0 bridgehead atoms. The van der Waals surface area contributed by atoms with Crippen molar-refractivity contribution >= 4 is 16.9 Å². The lowest BCUT2D eigenvalue weighted by atomic mass is 10.0. The van der Waals surface area contributed by atoms with Gasteiger partial charge in [0.05, 0.1) is 0 Å². The number of benzene rings is 1. The molecule has 1 N–H and O–H groups in total. The summed E-state index contributed by atoms with van der Waals surface area (Å²) >= 11 is 0. The van der Waals surface area contributed by atoms with E-state index in [9.17, 15) is 4.79 Å². The maximum Gasteiger partial charge on any atom is 0.371 e. The van der Waals surface area contributed by atoms with E-state index < -0.39 is 5.97 Å². The quantitative estimate of drug-likeness (QED) is 0.776. The van der Waals surface area contributed by atoms with Crippen LogP contribution in [0.5, 0.6) is 0 Å². The number of fused-ring (bicyclic) bond motifs is 1. The Morgan fingerprint density at radius 1 is 1.20 bits per heavy atom. The lowest BCUT2D eigenvalue weighted by Crippen LogP contribution is -1.91. The van der Waals surface area contributed by atoms with Gasteiger partial charge in [-0.25, -0.2) is 4.79 Å². The van der Waals surface area contributed by atoms with Gasteiger partial charge in [-0.15, -0.1) is 0 Å². The number of rotatable bonds is 1. The molecule has 78 valence electrons. The first-order valence-electron chi connectivity index (χ1n) is 4.74. The zero-order chi connectivity index (χ0) is 11.2. The Kier molecular flexibility index (Phi) is 2.03. The van der Waals surface area contributed by atoms with Crippen molar-refractivity contribution in [2.75, 3.05) is 0 Å². The Morgan fingerprint density at radius 2 is 1.87 bits per heavy atom. The highest BCUT2D eigenvalue weighted by Crippen LogP contribution is 2.28. The van der Waals surface area contributed by atoms with Crippen LogP contribution >= 0.6 is 0 Å². The molecule has 0 aliphatic carbocycles. The molecule has 0 spiro atoms. The summed E-state index contributed by atoms with van der Waals surface area (Å²) in [5.41, 5.74) is 3.85. The van der Waals surface area contributed by atoms with Gasteiger partial charge in [-0.1, -0.05) is 6.07 Å². The first-order valence-corrected chi connectivity index (χ1v) is 4.74. The molecule has 3 nitrogen and oxygen atoms in total. The summed E-state index contributed by atoms with van der Waals surface area (Å²) in [4.78, 5) is 10.8. The zero-order valence-electron chi connectivity index (χ0n) is 8.92. The van der Waals surface area contributed by atoms with Gasteiger partial charge in [0.2, 0.25) is 5.76 Å². The first kappa shape index (κ1) is 9.77. The largest absolute Gasteiger partial charge is 0.475 e. The van der Waals surface area contributed by atoms with E-state index in [1.54, 1.807) is 6.07 Å². The number of furan rings is 1. The van der Waals surface area contributed by atoms with E-state index in [0.29, 0.717) is 5.58 Å². The molecule has 1 heterocycles. The fraction of sp³-hybridized carbons (Fsp3) is 0.250. The van der Waals surface area contributed by atoms with Gasteiger partial charge in [0, 0.05) is 5.39 Å². The van der Waals surface area contributed by atoms with Gasteiger partial charge in [0.25, 0.3) is 0 Å². The minimum Gasteiger partial charge on any atom is -0.475 e. The van der Waals surface area contributed by atoms with Crippen LogP contribution in [0.4, 0.5) is 0 Å². The van der Waals surface area contributed by atoms with Gasteiger partial charge in [0.1, 0.15) is 5.58 Å². The average molecular weight is 204 g/mol. The van der Waals surface area contributed by atoms with Crippen molar-refractivity contribution in [1.82, 2.24) is 0 Å². The van der Waals surface area contributed by atoms with Crippen molar-refractivity contribution in [3.63, 3.8) is 0 Å². The molecule has 15 heavy (non-hydrogen) atoms. The monoisotopic (exact) mass is 204 g/mol. The first-order chi connectivity index (χ1) is 7.00. The zero-order valence-corrected chi connectivity index (χ0v) is 8.92. The van der Waals surface area contributed by atoms with Crippen LogP contribution in [-0.4, -0.2) is 11.1 Å². The molecule has 0 aliphatic heterocycles. The van der Waals surface area contributed by atoms with Crippen LogP contribution in [-0.2, 0) is 0 Å². The molecular weight excluding hydrogens is 192 g/mol. The third kappa shape index (κ3) is 1.40. The predicted molar refractivity (Wildman–Crippen MR) is 57.4 cm³/mol. The molecule has 2 rings (SSSR count).